The van der Waals surface area contributed by atoms with E-state index < -0.39 is 0 Å². The highest BCUT2D eigenvalue weighted by atomic mass is 35.5. The lowest BCUT2D eigenvalue weighted by molar-refractivity contribution is 0.612. The quantitative estimate of drug-likeness (QED) is 0.748. The summed E-state index contributed by atoms with van der Waals surface area (Å²) in [5, 5.41) is 7.64. The standard InChI is InChI=1S/C7H8ClN5S/c1-5(8)7-3-9-12-13(7)4-6-2-10-14-11-6/h2-3,5H,4H2,1H3. The summed E-state index contributed by atoms with van der Waals surface area (Å²) >= 11 is 7.14. The van der Waals surface area contributed by atoms with E-state index >= 15 is 0 Å². The Morgan fingerprint density at radius 1 is 1.57 bits per heavy atom. The van der Waals surface area contributed by atoms with E-state index in [-0.39, 0.29) is 5.38 Å². The summed E-state index contributed by atoms with van der Waals surface area (Å²) in [6, 6.07) is 0. The fourth-order valence-electron chi connectivity index (χ4n) is 1.10. The summed E-state index contributed by atoms with van der Waals surface area (Å²) < 4.78 is 9.73. The molecule has 0 aliphatic heterocycles. The predicted molar refractivity (Wildman–Crippen MR) is 53.3 cm³/mol. The second kappa shape index (κ2) is 4.02. The lowest BCUT2D eigenvalue weighted by Gasteiger charge is -2.04. The van der Waals surface area contributed by atoms with Crippen molar-refractivity contribution in [3.8, 4) is 0 Å². The molecule has 5 nitrogen and oxygen atoms in total. The third-order valence-electron chi connectivity index (χ3n) is 1.77. The van der Waals surface area contributed by atoms with Gasteiger partial charge in [-0.15, -0.1) is 16.7 Å². The number of aromatic nitrogens is 5. The topological polar surface area (TPSA) is 56.5 Å². The highest BCUT2D eigenvalue weighted by Gasteiger charge is 2.10. The van der Waals surface area contributed by atoms with Crippen LogP contribution >= 0.6 is 23.3 Å². The van der Waals surface area contributed by atoms with E-state index in [1.807, 2.05) is 6.92 Å². The van der Waals surface area contributed by atoms with Gasteiger partial charge in [-0.25, -0.2) is 4.68 Å². The van der Waals surface area contributed by atoms with Gasteiger partial charge >= 0.3 is 0 Å². The molecule has 2 rings (SSSR count). The number of hydrogen-bond acceptors (Lipinski definition) is 5. The second-order valence-corrected chi connectivity index (χ2v) is 4.04. The van der Waals surface area contributed by atoms with Crippen LogP contribution in [0.1, 0.15) is 23.7 Å². The molecular weight excluding hydrogens is 222 g/mol. The zero-order chi connectivity index (χ0) is 9.97. The molecule has 0 N–H and O–H groups in total. The molecule has 1 atom stereocenters. The van der Waals surface area contributed by atoms with Crippen LogP contribution in [-0.4, -0.2) is 23.7 Å². The SMILES string of the molecule is CC(Cl)c1cnnn1Cc1cnsn1. The van der Waals surface area contributed by atoms with E-state index in [1.54, 1.807) is 17.1 Å². The third kappa shape index (κ3) is 1.91. The van der Waals surface area contributed by atoms with Gasteiger partial charge in [0.05, 0.1) is 47.4 Å². The van der Waals surface area contributed by atoms with Crippen LogP contribution in [0.5, 0.6) is 0 Å². The fourth-order valence-corrected chi connectivity index (χ4v) is 1.70. The van der Waals surface area contributed by atoms with Crippen LogP contribution in [0.3, 0.4) is 0 Å². The maximum absolute atomic E-state index is 5.96. The molecule has 0 radical (unpaired) electrons. The summed E-state index contributed by atoms with van der Waals surface area (Å²) in [6.45, 7) is 2.46. The summed E-state index contributed by atoms with van der Waals surface area (Å²) in [4.78, 5) is 0. The molecule has 0 spiro atoms. The van der Waals surface area contributed by atoms with E-state index in [2.05, 4.69) is 19.1 Å². The zero-order valence-corrected chi connectivity index (χ0v) is 9.03. The van der Waals surface area contributed by atoms with Gasteiger partial charge in [-0.1, -0.05) is 5.21 Å². The van der Waals surface area contributed by atoms with Gasteiger partial charge < -0.3 is 0 Å². The van der Waals surface area contributed by atoms with Gasteiger partial charge in [0.25, 0.3) is 0 Å². The Bertz CT molecular complexity index is 396. The highest BCUT2D eigenvalue weighted by molar-refractivity contribution is 6.99. The van der Waals surface area contributed by atoms with Gasteiger partial charge in [0, 0.05) is 0 Å². The van der Waals surface area contributed by atoms with Crippen molar-refractivity contribution in [3.05, 3.63) is 23.8 Å². The zero-order valence-electron chi connectivity index (χ0n) is 7.46. The molecule has 0 aliphatic carbocycles. The van der Waals surface area contributed by atoms with Gasteiger partial charge in [-0.3, -0.25) is 0 Å². The van der Waals surface area contributed by atoms with Crippen molar-refractivity contribution < 1.29 is 0 Å². The number of halogens is 1. The third-order valence-corrected chi connectivity index (χ3v) is 2.51. The molecule has 1 unspecified atom stereocenters. The lowest BCUT2D eigenvalue weighted by Crippen LogP contribution is -2.06. The van der Waals surface area contributed by atoms with Crippen LogP contribution in [0.25, 0.3) is 0 Å². The highest BCUT2D eigenvalue weighted by Crippen LogP contribution is 2.18. The number of nitrogens with zero attached hydrogens (tertiary/aromatic N) is 5. The van der Waals surface area contributed by atoms with Crippen molar-refractivity contribution in [2.24, 2.45) is 0 Å². The Kier molecular flexibility index (Phi) is 2.74. The number of hydrogen-bond donors (Lipinski definition) is 0. The lowest BCUT2D eigenvalue weighted by atomic mass is 10.3. The van der Waals surface area contributed by atoms with Crippen LogP contribution in [0.4, 0.5) is 0 Å². The smallest absolute Gasteiger partial charge is 0.0958 e. The Balaban J connectivity index is 2.21. The Labute approximate surface area is 90.0 Å². The van der Waals surface area contributed by atoms with E-state index in [9.17, 15) is 0 Å². The van der Waals surface area contributed by atoms with E-state index in [0.29, 0.717) is 6.54 Å². The first-order valence-electron chi connectivity index (χ1n) is 4.06. The minimum absolute atomic E-state index is 0.100. The van der Waals surface area contributed by atoms with Gasteiger partial charge in [0.15, 0.2) is 0 Å². The maximum atomic E-state index is 5.96. The van der Waals surface area contributed by atoms with Crippen LogP contribution in [0.2, 0.25) is 0 Å². The monoisotopic (exact) mass is 229 g/mol. The molecule has 74 valence electrons. The minimum Gasteiger partial charge on any atom is -0.242 e. The van der Waals surface area contributed by atoms with Crippen molar-refractivity contribution in [2.45, 2.75) is 18.8 Å². The van der Waals surface area contributed by atoms with Gasteiger partial charge in [0.2, 0.25) is 0 Å². The molecule has 0 aliphatic rings. The molecule has 2 aromatic heterocycles. The fraction of sp³-hybridized carbons (Fsp3) is 0.429. The Morgan fingerprint density at radius 2 is 2.43 bits per heavy atom. The normalized spacial score (nSPS) is 13.0. The minimum atomic E-state index is -0.100. The maximum Gasteiger partial charge on any atom is 0.0958 e. The summed E-state index contributed by atoms with van der Waals surface area (Å²) in [6.07, 6.45) is 3.38. The second-order valence-electron chi connectivity index (χ2n) is 2.83. The van der Waals surface area contributed by atoms with Crippen LogP contribution in [0, 0.1) is 0 Å². The van der Waals surface area contributed by atoms with Crippen LogP contribution < -0.4 is 0 Å². The van der Waals surface area contributed by atoms with Crippen molar-refractivity contribution in [1.29, 1.82) is 0 Å². The van der Waals surface area contributed by atoms with Crippen LogP contribution in [0.15, 0.2) is 12.4 Å². The number of rotatable bonds is 3. The first-order chi connectivity index (χ1) is 6.77. The van der Waals surface area contributed by atoms with E-state index in [1.165, 1.54) is 11.7 Å². The first-order valence-corrected chi connectivity index (χ1v) is 5.23. The molecular formula is C7H8ClN5S. The first kappa shape index (κ1) is 9.54. The molecule has 7 heteroatoms. The van der Waals surface area contributed by atoms with Gasteiger partial charge in [0.1, 0.15) is 0 Å². The van der Waals surface area contributed by atoms with Crippen molar-refractivity contribution in [1.82, 2.24) is 23.7 Å². The Hall–Kier alpha value is -1.01. The van der Waals surface area contributed by atoms with Crippen molar-refractivity contribution in [2.75, 3.05) is 0 Å². The predicted octanol–water partition coefficient (Wildman–Crippen LogP) is 1.48. The van der Waals surface area contributed by atoms with Crippen LogP contribution in [-0.2, 0) is 6.54 Å². The van der Waals surface area contributed by atoms with E-state index in [0.717, 1.165) is 11.4 Å². The number of alkyl halides is 1. The summed E-state index contributed by atoms with van der Waals surface area (Å²) in [5.41, 5.74) is 1.76. The molecule has 0 saturated carbocycles. The molecule has 2 aromatic rings. The average Bonchev–Trinajstić information content (AvgIpc) is 2.75. The molecule has 0 bridgehead atoms. The van der Waals surface area contributed by atoms with Crippen molar-refractivity contribution in [3.63, 3.8) is 0 Å². The molecule has 0 fully saturated rings. The summed E-state index contributed by atoms with van der Waals surface area (Å²) in [7, 11) is 0. The molecule has 0 amide bonds. The molecule has 2 heterocycles. The van der Waals surface area contributed by atoms with Gasteiger partial charge in [-0.2, -0.15) is 8.75 Å². The molecule has 0 saturated heterocycles. The van der Waals surface area contributed by atoms with E-state index in [4.69, 9.17) is 11.6 Å². The largest absolute Gasteiger partial charge is 0.242 e. The molecule has 0 aromatic carbocycles. The average molecular weight is 230 g/mol. The molecule has 14 heavy (non-hydrogen) atoms. The Morgan fingerprint density at radius 3 is 3.07 bits per heavy atom. The summed E-state index contributed by atoms with van der Waals surface area (Å²) in [5.74, 6) is 0. The van der Waals surface area contributed by atoms with Gasteiger partial charge in [-0.05, 0) is 6.92 Å². The van der Waals surface area contributed by atoms with Crippen molar-refractivity contribution >= 4 is 23.3 Å².